The van der Waals surface area contributed by atoms with Gasteiger partial charge in [-0.15, -0.1) is 0 Å². The second-order valence-corrected chi connectivity index (χ2v) is 6.40. The predicted molar refractivity (Wildman–Crippen MR) is 76.3 cm³/mol. The van der Waals surface area contributed by atoms with E-state index in [1.165, 1.54) is 51.2 Å². The van der Waals surface area contributed by atoms with Gasteiger partial charge in [-0.1, -0.05) is 25.7 Å². The first-order chi connectivity index (χ1) is 9.76. The first kappa shape index (κ1) is 13.7. The predicted octanol–water partition coefficient (Wildman–Crippen LogP) is 3.13. The van der Waals surface area contributed by atoms with Crippen LogP contribution in [-0.2, 0) is 16.0 Å². The van der Waals surface area contributed by atoms with E-state index in [-0.39, 0.29) is 12.0 Å². The number of rotatable bonds is 6. The molecule has 0 aromatic carbocycles. The molecule has 4 nitrogen and oxygen atoms in total. The first-order valence-electron chi connectivity index (χ1n) is 7.87. The Morgan fingerprint density at radius 1 is 1.35 bits per heavy atom. The van der Waals surface area contributed by atoms with E-state index < -0.39 is 0 Å². The summed E-state index contributed by atoms with van der Waals surface area (Å²) in [7, 11) is 1.47. The van der Waals surface area contributed by atoms with Crippen molar-refractivity contribution in [2.45, 2.75) is 57.4 Å². The van der Waals surface area contributed by atoms with Crippen molar-refractivity contribution in [1.82, 2.24) is 9.78 Å². The van der Waals surface area contributed by atoms with Gasteiger partial charge in [-0.25, -0.2) is 4.79 Å². The second kappa shape index (κ2) is 5.98. The van der Waals surface area contributed by atoms with Gasteiger partial charge in [-0.2, -0.15) is 5.10 Å². The Hall–Kier alpha value is -1.32. The molecule has 0 aliphatic heterocycles. The summed E-state index contributed by atoms with van der Waals surface area (Å²) in [4.78, 5) is 12.1. The highest BCUT2D eigenvalue weighted by Crippen LogP contribution is 2.34. The van der Waals surface area contributed by atoms with Crippen molar-refractivity contribution in [3.63, 3.8) is 0 Å². The number of carbonyl (C=O) groups is 1. The maximum absolute atomic E-state index is 12.1. The van der Waals surface area contributed by atoms with E-state index in [0.717, 1.165) is 18.8 Å². The molecular weight excluding hydrogens is 252 g/mol. The first-order valence-corrected chi connectivity index (χ1v) is 7.87. The molecule has 1 aromatic heterocycles. The van der Waals surface area contributed by atoms with Crippen LogP contribution in [0.5, 0.6) is 0 Å². The van der Waals surface area contributed by atoms with E-state index in [0.29, 0.717) is 5.92 Å². The summed E-state index contributed by atoms with van der Waals surface area (Å²) in [5.41, 5.74) is 1.26. The van der Waals surface area contributed by atoms with Gasteiger partial charge in [0, 0.05) is 6.20 Å². The maximum Gasteiger partial charge on any atom is 0.330 e. The number of methoxy groups -OCH3 is 1. The van der Waals surface area contributed by atoms with E-state index in [4.69, 9.17) is 4.74 Å². The molecule has 2 saturated carbocycles. The normalized spacial score (nSPS) is 21.1. The van der Waals surface area contributed by atoms with Crippen LogP contribution in [0.2, 0.25) is 0 Å². The molecular formula is C16H24N2O2. The minimum Gasteiger partial charge on any atom is -0.467 e. The van der Waals surface area contributed by atoms with Gasteiger partial charge in [0.2, 0.25) is 0 Å². The van der Waals surface area contributed by atoms with Gasteiger partial charge in [-0.05, 0) is 43.1 Å². The summed E-state index contributed by atoms with van der Waals surface area (Å²) in [6, 6.07) is -0.240. The van der Waals surface area contributed by atoms with Crippen molar-refractivity contribution in [3.8, 4) is 0 Å². The molecule has 3 rings (SSSR count). The van der Waals surface area contributed by atoms with Gasteiger partial charge in [0.05, 0.1) is 13.3 Å². The molecule has 2 aliphatic carbocycles. The van der Waals surface area contributed by atoms with Crippen LogP contribution in [0.1, 0.15) is 56.6 Å². The Balaban J connectivity index is 1.69. The molecule has 2 aliphatic rings. The van der Waals surface area contributed by atoms with Crippen LogP contribution < -0.4 is 0 Å². The lowest BCUT2D eigenvalue weighted by atomic mass is 9.98. The Kier molecular flexibility index (Phi) is 4.08. The summed E-state index contributed by atoms with van der Waals surface area (Å²) in [6.45, 7) is 0. The molecule has 0 N–H and O–H groups in total. The number of ether oxygens (including phenoxy) is 1. The molecule has 1 heterocycles. The highest BCUT2D eigenvalue weighted by molar-refractivity contribution is 5.73. The third-order valence-electron chi connectivity index (χ3n) is 4.70. The Morgan fingerprint density at radius 3 is 2.75 bits per heavy atom. The lowest BCUT2D eigenvalue weighted by Crippen LogP contribution is -2.23. The van der Waals surface area contributed by atoms with Gasteiger partial charge in [0.25, 0.3) is 0 Å². The van der Waals surface area contributed by atoms with E-state index in [1.54, 1.807) is 0 Å². The van der Waals surface area contributed by atoms with Crippen molar-refractivity contribution in [2.24, 2.45) is 11.8 Å². The molecule has 110 valence electrons. The molecule has 0 amide bonds. The molecule has 0 radical (unpaired) electrons. The average Bonchev–Trinajstić information content (AvgIpc) is 2.93. The van der Waals surface area contributed by atoms with Crippen molar-refractivity contribution in [2.75, 3.05) is 7.11 Å². The van der Waals surface area contributed by atoms with Crippen LogP contribution in [0.25, 0.3) is 0 Å². The third kappa shape index (κ3) is 3.22. The van der Waals surface area contributed by atoms with Crippen LogP contribution >= 0.6 is 0 Å². The molecule has 2 fully saturated rings. The SMILES string of the molecule is COC(=O)C(CC1CCCC1)n1cc(CC2CC2)cn1. The third-order valence-corrected chi connectivity index (χ3v) is 4.70. The number of esters is 1. The fourth-order valence-electron chi connectivity index (χ4n) is 3.32. The van der Waals surface area contributed by atoms with Crippen LogP contribution in [-0.4, -0.2) is 22.9 Å². The van der Waals surface area contributed by atoms with Crippen LogP contribution in [0.3, 0.4) is 0 Å². The van der Waals surface area contributed by atoms with Gasteiger partial charge in [0.1, 0.15) is 6.04 Å². The smallest absolute Gasteiger partial charge is 0.330 e. The second-order valence-electron chi connectivity index (χ2n) is 6.40. The monoisotopic (exact) mass is 276 g/mol. The fourth-order valence-corrected chi connectivity index (χ4v) is 3.32. The van der Waals surface area contributed by atoms with E-state index in [1.807, 2.05) is 10.9 Å². The van der Waals surface area contributed by atoms with Crippen molar-refractivity contribution in [1.29, 1.82) is 0 Å². The fraction of sp³-hybridized carbons (Fsp3) is 0.750. The summed E-state index contributed by atoms with van der Waals surface area (Å²) in [6.07, 6.45) is 13.7. The van der Waals surface area contributed by atoms with Crippen molar-refractivity contribution in [3.05, 3.63) is 18.0 Å². The molecule has 4 heteroatoms. The van der Waals surface area contributed by atoms with Gasteiger partial charge < -0.3 is 4.74 Å². The summed E-state index contributed by atoms with van der Waals surface area (Å²) >= 11 is 0. The Bertz CT molecular complexity index is 459. The highest BCUT2D eigenvalue weighted by Gasteiger charge is 2.28. The zero-order valence-corrected chi connectivity index (χ0v) is 12.3. The van der Waals surface area contributed by atoms with Gasteiger partial charge >= 0.3 is 5.97 Å². The maximum atomic E-state index is 12.1. The van der Waals surface area contributed by atoms with E-state index in [2.05, 4.69) is 11.3 Å². The Morgan fingerprint density at radius 2 is 2.10 bits per heavy atom. The van der Waals surface area contributed by atoms with E-state index >= 15 is 0 Å². The lowest BCUT2D eigenvalue weighted by Gasteiger charge is -2.18. The lowest BCUT2D eigenvalue weighted by molar-refractivity contribution is -0.145. The molecule has 0 saturated heterocycles. The van der Waals surface area contributed by atoms with Crippen LogP contribution in [0.15, 0.2) is 12.4 Å². The van der Waals surface area contributed by atoms with Gasteiger partial charge in [-0.3, -0.25) is 4.68 Å². The number of carbonyl (C=O) groups excluding carboxylic acids is 1. The molecule has 1 unspecified atom stereocenters. The largest absolute Gasteiger partial charge is 0.467 e. The summed E-state index contributed by atoms with van der Waals surface area (Å²) < 4.78 is 6.82. The number of aromatic nitrogens is 2. The molecule has 0 bridgehead atoms. The summed E-state index contributed by atoms with van der Waals surface area (Å²) in [5, 5.41) is 4.42. The molecule has 1 atom stereocenters. The minimum absolute atomic E-state index is 0.155. The minimum atomic E-state index is -0.240. The quantitative estimate of drug-likeness (QED) is 0.750. The molecule has 1 aromatic rings. The van der Waals surface area contributed by atoms with E-state index in [9.17, 15) is 4.79 Å². The average molecular weight is 276 g/mol. The van der Waals surface area contributed by atoms with Crippen molar-refractivity contribution >= 4 is 5.97 Å². The number of hydrogen-bond donors (Lipinski definition) is 0. The van der Waals surface area contributed by atoms with Crippen molar-refractivity contribution < 1.29 is 9.53 Å². The number of nitrogens with zero attached hydrogens (tertiary/aromatic N) is 2. The topological polar surface area (TPSA) is 44.1 Å². The standard InChI is InChI=1S/C16H24N2O2/c1-20-16(19)15(9-12-4-2-3-5-12)18-11-14(10-17-18)8-13-6-7-13/h10-13,15H,2-9H2,1H3. The summed E-state index contributed by atoms with van der Waals surface area (Å²) in [5.74, 6) is 1.34. The zero-order valence-electron chi connectivity index (χ0n) is 12.3. The van der Waals surface area contributed by atoms with Crippen LogP contribution in [0, 0.1) is 11.8 Å². The zero-order chi connectivity index (χ0) is 13.9. The molecule has 20 heavy (non-hydrogen) atoms. The number of hydrogen-bond acceptors (Lipinski definition) is 3. The molecule has 0 spiro atoms. The highest BCUT2D eigenvalue weighted by atomic mass is 16.5. The Labute approximate surface area is 120 Å². The van der Waals surface area contributed by atoms with Crippen LogP contribution in [0.4, 0.5) is 0 Å². The van der Waals surface area contributed by atoms with Gasteiger partial charge in [0.15, 0.2) is 0 Å².